The zero-order chi connectivity index (χ0) is 14.2. The van der Waals surface area contributed by atoms with Crippen LogP contribution in [0.25, 0.3) is 0 Å². The van der Waals surface area contributed by atoms with Gasteiger partial charge in [0.15, 0.2) is 5.79 Å². The molecule has 0 radical (unpaired) electrons. The third-order valence-corrected chi connectivity index (χ3v) is 3.66. The lowest BCUT2D eigenvalue weighted by molar-refractivity contribution is -0.146. The minimum Gasteiger partial charge on any atom is -0.372 e. The van der Waals surface area contributed by atoms with E-state index in [1.54, 1.807) is 0 Å². The average molecular weight is 275 g/mol. The molecule has 0 unspecified atom stereocenters. The molecule has 20 heavy (non-hydrogen) atoms. The first-order valence-corrected chi connectivity index (χ1v) is 6.99. The van der Waals surface area contributed by atoms with Crippen molar-refractivity contribution in [3.05, 3.63) is 47.5 Å². The van der Waals surface area contributed by atoms with Crippen LogP contribution in [0.5, 0.6) is 0 Å². The van der Waals surface area contributed by atoms with Gasteiger partial charge in [0.05, 0.1) is 19.3 Å². The number of rotatable bonds is 4. The molecule has 2 aliphatic rings. The van der Waals surface area contributed by atoms with E-state index in [1.165, 1.54) is 0 Å². The van der Waals surface area contributed by atoms with Gasteiger partial charge in [-0.2, -0.15) is 0 Å². The number of fused-ring (bicyclic) bond motifs is 1. The van der Waals surface area contributed by atoms with Crippen molar-refractivity contribution in [1.29, 1.82) is 0 Å². The van der Waals surface area contributed by atoms with Gasteiger partial charge in [0.1, 0.15) is 12.2 Å². The summed E-state index contributed by atoms with van der Waals surface area (Å²) in [4.78, 5) is 0. The SMILES string of the molecule is CC1(C)O[C@H]2[C@H](N)C=C(COCc3ccccc3)[C@H]2O1. The van der Waals surface area contributed by atoms with Crippen LogP contribution in [0.1, 0.15) is 19.4 Å². The maximum Gasteiger partial charge on any atom is 0.164 e. The van der Waals surface area contributed by atoms with Crippen LogP contribution < -0.4 is 5.73 Å². The number of hydrogen-bond acceptors (Lipinski definition) is 4. The number of hydrogen-bond donors (Lipinski definition) is 1. The van der Waals surface area contributed by atoms with Crippen molar-refractivity contribution in [1.82, 2.24) is 0 Å². The second kappa shape index (κ2) is 5.30. The van der Waals surface area contributed by atoms with Crippen LogP contribution in [0.4, 0.5) is 0 Å². The molecule has 1 aliphatic heterocycles. The maximum atomic E-state index is 6.08. The summed E-state index contributed by atoms with van der Waals surface area (Å²) in [7, 11) is 0. The summed E-state index contributed by atoms with van der Waals surface area (Å²) in [6.07, 6.45) is 1.85. The van der Waals surface area contributed by atoms with Crippen LogP contribution in [-0.2, 0) is 20.8 Å². The highest BCUT2D eigenvalue weighted by Gasteiger charge is 2.48. The van der Waals surface area contributed by atoms with E-state index in [1.807, 2.05) is 38.1 Å². The number of nitrogens with two attached hydrogens (primary N) is 1. The van der Waals surface area contributed by atoms with Gasteiger partial charge in [-0.3, -0.25) is 0 Å². The highest BCUT2D eigenvalue weighted by atomic mass is 16.8. The molecule has 0 saturated carbocycles. The van der Waals surface area contributed by atoms with Gasteiger partial charge in [0, 0.05) is 0 Å². The molecule has 108 valence electrons. The van der Waals surface area contributed by atoms with Gasteiger partial charge in [0.25, 0.3) is 0 Å². The van der Waals surface area contributed by atoms with Crippen molar-refractivity contribution in [3.8, 4) is 0 Å². The van der Waals surface area contributed by atoms with E-state index >= 15 is 0 Å². The molecule has 3 rings (SSSR count). The van der Waals surface area contributed by atoms with Crippen LogP contribution in [0.2, 0.25) is 0 Å². The standard InChI is InChI=1S/C16H21NO3/c1-16(2)19-14-12(8-13(17)15(14)20-16)10-18-9-11-6-4-3-5-7-11/h3-8,13-15H,9-10,17H2,1-2H3/t13-,14-,15+/m1/s1. The Hall–Kier alpha value is -1.20. The molecular weight excluding hydrogens is 254 g/mol. The van der Waals surface area contributed by atoms with Crippen molar-refractivity contribution < 1.29 is 14.2 Å². The Balaban J connectivity index is 1.57. The van der Waals surface area contributed by atoms with E-state index in [9.17, 15) is 0 Å². The molecule has 2 N–H and O–H groups in total. The Morgan fingerprint density at radius 2 is 1.90 bits per heavy atom. The summed E-state index contributed by atoms with van der Waals surface area (Å²) in [5.41, 5.74) is 8.33. The van der Waals surface area contributed by atoms with Gasteiger partial charge in [-0.15, -0.1) is 0 Å². The van der Waals surface area contributed by atoms with Gasteiger partial charge in [0.2, 0.25) is 0 Å². The highest BCUT2D eigenvalue weighted by molar-refractivity contribution is 5.26. The lowest BCUT2D eigenvalue weighted by Crippen LogP contribution is -2.35. The van der Waals surface area contributed by atoms with Crippen LogP contribution in [0.3, 0.4) is 0 Å². The van der Waals surface area contributed by atoms with Crippen molar-refractivity contribution in [2.45, 2.75) is 44.5 Å². The van der Waals surface area contributed by atoms with E-state index in [4.69, 9.17) is 19.9 Å². The predicted molar refractivity (Wildman–Crippen MR) is 76.0 cm³/mol. The summed E-state index contributed by atoms with van der Waals surface area (Å²) in [5, 5.41) is 0. The second-order valence-corrected chi connectivity index (χ2v) is 5.82. The molecule has 1 saturated heterocycles. The van der Waals surface area contributed by atoms with E-state index in [2.05, 4.69) is 12.1 Å². The van der Waals surface area contributed by atoms with Gasteiger partial charge in [-0.05, 0) is 25.0 Å². The Labute approximate surface area is 119 Å². The Morgan fingerprint density at radius 3 is 2.65 bits per heavy atom. The largest absolute Gasteiger partial charge is 0.372 e. The lowest BCUT2D eigenvalue weighted by Gasteiger charge is -2.19. The van der Waals surface area contributed by atoms with Crippen molar-refractivity contribution >= 4 is 0 Å². The number of benzene rings is 1. The minimum atomic E-state index is -0.564. The third kappa shape index (κ3) is 2.79. The van der Waals surface area contributed by atoms with Crippen molar-refractivity contribution in [3.63, 3.8) is 0 Å². The average Bonchev–Trinajstić information content (AvgIpc) is 2.87. The number of ether oxygens (including phenoxy) is 3. The summed E-state index contributed by atoms with van der Waals surface area (Å²) in [5.74, 6) is -0.564. The summed E-state index contributed by atoms with van der Waals surface area (Å²) in [6, 6.07) is 10.0. The molecule has 1 aromatic rings. The van der Waals surface area contributed by atoms with E-state index in [0.717, 1.165) is 11.1 Å². The topological polar surface area (TPSA) is 53.7 Å². The molecule has 4 nitrogen and oxygen atoms in total. The maximum absolute atomic E-state index is 6.08. The first kappa shape index (κ1) is 13.8. The first-order valence-electron chi connectivity index (χ1n) is 6.99. The van der Waals surface area contributed by atoms with Crippen LogP contribution in [0, 0.1) is 0 Å². The van der Waals surface area contributed by atoms with Crippen LogP contribution >= 0.6 is 0 Å². The molecule has 0 aromatic heterocycles. The van der Waals surface area contributed by atoms with Crippen molar-refractivity contribution in [2.75, 3.05) is 6.61 Å². The normalized spacial score (nSPS) is 31.1. The fraction of sp³-hybridized carbons (Fsp3) is 0.500. The Kier molecular flexibility index (Phi) is 3.65. The minimum absolute atomic E-state index is 0.0734. The molecule has 1 heterocycles. The Morgan fingerprint density at radius 1 is 1.15 bits per heavy atom. The van der Waals surface area contributed by atoms with Gasteiger partial charge >= 0.3 is 0 Å². The molecule has 0 amide bonds. The van der Waals surface area contributed by atoms with Gasteiger partial charge in [-0.1, -0.05) is 36.4 Å². The highest BCUT2D eigenvalue weighted by Crippen LogP contribution is 2.37. The van der Waals surface area contributed by atoms with Crippen molar-refractivity contribution in [2.24, 2.45) is 5.73 Å². The Bertz CT molecular complexity index is 498. The molecule has 0 spiro atoms. The van der Waals surface area contributed by atoms with E-state index in [0.29, 0.717) is 13.2 Å². The summed E-state index contributed by atoms with van der Waals surface area (Å²) >= 11 is 0. The predicted octanol–water partition coefficient (Wildman–Crippen LogP) is 1.99. The molecule has 4 heteroatoms. The zero-order valence-corrected chi connectivity index (χ0v) is 11.9. The molecule has 0 bridgehead atoms. The fourth-order valence-electron chi connectivity index (χ4n) is 2.79. The molecule has 3 atom stereocenters. The van der Waals surface area contributed by atoms with E-state index < -0.39 is 5.79 Å². The summed E-state index contributed by atoms with van der Waals surface area (Å²) in [6.45, 7) is 4.96. The van der Waals surface area contributed by atoms with Gasteiger partial charge < -0.3 is 19.9 Å². The molecule has 1 fully saturated rings. The fourth-order valence-corrected chi connectivity index (χ4v) is 2.79. The first-order chi connectivity index (χ1) is 9.55. The third-order valence-electron chi connectivity index (χ3n) is 3.66. The monoisotopic (exact) mass is 275 g/mol. The molecule has 1 aromatic carbocycles. The molecule has 1 aliphatic carbocycles. The quantitative estimate of drug-likeness (QED) is 0.854. The van der Waals surface area contributed by atoms with Gasteiger partial charge in [-0.25, -0.2) is 0 Å². The van der Waals surface area contributed by atoms with Crippen LogP contribution in [0.15, 0.2) is 42.0 Å². The second-order valence-electron chi connectivity index (χ2n) is 5.82. The summed E-state index contributed by atoms with van der Waals surface area (Å²) < 4.78 is 17.5. The molecular formula is C16H21NO3. The lowest BCUT2D eigenvalue weighted by atomic mass is 10.1. The smallest absolute Gasteiger partial charge is 0.164 e. The zero-order valence-electron chi connectivity index (χ0n) is 11.9. The van der Waals surface area contributed by atoms with Crippen LogP contribution in [-0.4, -0.2) is 30.6 Å². The van der Waals surface area contributed by atoms with E-state index in [-0.39, 0.29) is 18.2 Å².